The van der Waals surface area contributed by atoms with Gasteiger partial charge in [-0.25, -0.2) is 8.78 Å². The third-order valence-corrected chi connectivity index (χ3v) is 3.88. The summed E-state index contributed by atoms with van der Waals surface area (Å²) in [7, 11) is 0. The number of alkyl halides is 3. The van der Waals surface area contributed by atoms with Crippen LogP contribution in [0.3, 0.4) is 0 Å². The molecular weight excluding hydrogens is 369 g/mol. The maximum Gasteiger partial charge on any atom is 0.436 e. The van der Waals surface area contributed by atoms with Gasteiger partial charge in [-0.15, -0.1) is 0 Å². The Morgan fingerprint density at radius 2 is 1.88 bits per heavy atom. The van der Waals surface area contributed by atoms with Crippen LogP contribution in [0.4, 0.5) is 22.0 Å². The van der Waals surface area contributed by atoms with Crippen LogP contribution in [0.1, 0.15) is 28.2 Å². The summed E-state index contributed by atoms with van der Waals surface area (Å²) in [6.07, 6.45) is -4.47. The third-order valence-electron chi connectivity index (χ3n) is 3.42. The van der Waals surface area contributed by atoms with Crippen molar-refractivity contribution >= 4 is 17.5 Å². The second-order valence-electron chi connectivity index (χ2n) is 5.18. The van der Waals surface area contributed by atoms with E-state index in [1.165, 1.54) is 6.92 Å². The van der Waals surface area contributed by atoms with Gasteiger partial charge in [-0.1, -0.05) is 17.7 Å². The average molecular weight is 382 g/mol. The van der Waals surface area contributed by atoms with E-state index in [1.54, 1.807) is 0 Å². The second-order valence-corrected chi connectivity index (χ2v) is 5.55. The first-order valence-corrected chi connectivity index (χ1v) is 7.53. The fourth-order valence-corrected chi connectivity index (χ4v) is 2.40. The summed E-state index contributed by atoms with van der Waals surface area (Å²) >= 11 is 5.62. The summed E-state index contributed by atoms with van der Waals surface area (Å²) in [6.45, 7) is 1.42. The average Bonchev–Trinajstić information content (AvgIpc) is 2.79. The van der Waals surface area contributed by atoms with E-state index in [9.17, 15) is 26.7 Å². The highest BCUT2D eigenvalue weighted by molar-refractivity contribution is 6.31. The molecule has 0 bridgehead atoms. The van der Waals surface area contributed by atoms with Crippen LogP contribution in [0.15, 0.2) is 18.2 Å². The molecule has 1 N–H and O–H groups in total. The van der Waals surface area contributed by atoms with Crippen LogP contribution >= 0.6 is 11.6 Å². The number of halogens is 6. The number of aromatic nitrogens is 2. The molecule has 0 aliphatic rings. The smallest absolute Gasteiger partial charge is 0.352 e. The summed E-state index contributed by atoms with van der Waals surface area (Å²) in [5, 5.41) is 5.24. The standard InChI is InChI=1S/C15H13ClF5N3O/c1-8-12(16)13(15(19,20)21)23-24(8)7-3-6-22-14(25)11-9(17)4-2-5-10(11)18/h2,4-5H,3,6-7H2,1H3,(H,22,25). The Hall–Kier alpha value is -2.16. The SMILES string of the molecule is Cc1c(Cl)c(C(F)(F)F)nn1CCCNC(=O)c1c(F)cccc1F. The molecule has 1 heterocycles. The largest absolute Gasteiger partial charge is 0.436 e. The molecule has 1 amide bonds. The Balaban J connectivity index is 1.95. The summed E-state index contributed by atoms with van der Waals surface area (Å²) in [6, 6.07) is 3.03. The molecular formula is C15H13ClF5N3O. The lowest BCUT2D eigenvalue weighted by molar-refractivity contribution is -0.141. The first kappa shape index (κ1) is 19.2. The van der Waals surface area contributed by atoms with Gasteiger partial charge < -0.3 is 5.32 Å². The van der Waals surface area contributed by atoms with Crippen LogP contribution in [-0.2, 0) is 12.7 Å². The summed E-state index contributed by atoms with van der Waals surface area (Å²) in [5.74, 6) is -2.94. The maximum atomic E-state index is 13.5. The molecule has 1 aromatic heterocycles. The van der Waals surface area contributed by atoms with Crippen molar-refractivity contribution < 1.29 is 26.7 Å². The first-order chi connectivity index (χ1) is 11.6. The molecule has 0 radical (unpaired) electrons. The molecule has 0 unspecified atom stereocenters. The van der Waals surface area contributed by atoms with Crippen LogP contribution in [0.25, 0.3) is 0 Å². The summed E-state index contributed by atoms with van der Waals surface area (Å²) in [4.78, 5) is 11.8. The predicted molar refractivity (Wildman–Crippen MR) is 80.3 cm³/mol. The molecule has 0 aliphatic heterocycles. The van der Waals surface area contributed by atoms with Gasteiger partial charge in [0.05, 0.1) is 10.7 Å². The number of carbonyl (C=O) groups is 1. The van der Waals surface area contributed by atoms with Crippen LogP contribution < -0.4 is 5.32 Å². The van der Waals surface area contributed by atoms with Gasteiger partial charge in [0, 0.05) is 13.1 Å². The lowest BCUT2D eigenvalue weighted by Crippen LogP contribution is -2.27. The minimum absolute atomic E-state index is 0.00905. The molecule has 4 nitrogen and oxygen atoms in total. The fraction of sp³-hybridized carbons (Fsp3) is 0.333. The van der Waals surface area contributed by atoms with Gasteiger partial charge in [0.15, 0.2) is 5.69 Å². The van der Waals surface area contributed by atoms with E-state index in [2.05, 4.69) is 10.4 Å². The van der Waals surface area contributed by atoms with E-state index in [4.69, 9.17) is 11.6 Å². The normalized spacial score (nSPS) is 11.6. The molecule has 2 rings (SSSR count). The minimum atomic E-state index is -4.66. The minimum Gasteiger partial charge on any atom is -0.352 e. The number of rotatable bonds is 5. The van der Waals surface area contributed by atoms with Gasteiger partial charge in [0.2, 0.25) is 0 Å². The highest BCUT2D eigenvalue weighted by atomic mass is 35.5. The summed E-state index contributed by atoms with van der Waals surface area (Å²) < 4.78 is 66.1. The van der Waals surface area contributed by atoms with E-state index in [1.807, 2.05) is 0 Å². The molecule has 25 heavy (non-hydrogen) atoms. The number of benzene rings is 1. The van der Waals surface area contributed by atoms with Gasteiger partial charge in [-0.3, -0.25) is 9.48 Å². The highest BCUT2D eigenvalue weighted by Crippen LogP contribution is 2.35. The molecule has 0 fully saturated rings. The van der Waals surface area contributed by atoms with Gasteiger partial charge in [0.1, 0.15) is 17.2 Å². The monoisotopic (exact) mass is 381 g/mol. The lowest BCUT2D eigenvalue weighted by atomic mass is 10.2. The highest BCUT2D eigenvalue weighted by Gasteiger charge is 2.38. The van der Waals surface area contributed by atoms with Crippen molar-refractivity contribution in [1.82, 2.24) is 15.1 Å². The Morgan fingerprint density at radius 3 is 2.40 bits per heavy atom. The molecule has 0 spiro atoms. The first-order valence-electron chi connectivity index (χ1n) is 7.15. The zero-order valence-corrected chi connectivity index (χ0v) is 13.7. The lowest BCUT2D eigenvalue weighted by Gasteiger charge is -2.08. The topological polar surface area (TPSA) is 46.9 Å². The number of nitrogens with zero attached hydrogens (tertiary/aromatic N) is 2. The Kier molecular flexibility index (Phi) is 5.66. The van der Waals surface area contributed by atoms with Crippen molar-refractivity contribution in [2.75, 3.05) is 6.54 Å². The van der Waals surface area contributed by atoms with Crippen LogP contribution in [0, 0.1) is 18.6 Å². The molecule has 0 saturated heterocycles. The Labute approximate surface area is 144 Å². The Bertz CT molecular complexity index is 768. The van der Waals surface area contributed by atoms with Crippen LogP contribution in [0.2, 0.25) is 5.02 Å². The Morgan fingerprint density at radius 1 is 1.28 bits per heavy atom. The van der Waals surface area contributed by atoms with Crippen LogP contribution in [-0.4, -0.2) is 22.2 Å². The van der Waals surface area contributed by atoms with Gasteiger partial charge >= 0.3 is 6.18 Å². The van der Waals surface area contributed by atoms with E-state index >= 15 is 0 Å². The number of nitrogens with one attached hydrogen (secondary N) is 1. The quantitative estimate of drug-likeness (QED) is 0.629. The van der Waals surface area contributed by atoms with Crippen molar-refractivity contribution in [2.45, 2.75) is 26.1 Å². The number of amides is 1. The molecule has 2 aromatic rings. The molecule has 0 atom stereocenters. The van der Waals surface area contributed by atoms with Crippen molar-refractivity contribution in [3.05, 3.63) is 51.8 Å². The zero-order valence-electron chi connectivity index (χ0n) is 12.9. The van der Waals surface area contributed by atoms with Crippen molar-refractivity contribution in [2.24, 2.45) is 0 Å². The van der Waals surface area contributed by atoms with E-state index in [0.29, 0.717) is 0 Å². The van der Waals surface area contributed by atoms with E-state index < -0.39 is 40.0 Å². The van der Waals surface area contributed by atoms with E-state index in [-0.39, 0.29) is 25.2 Å². The third kappa shape index (κ3) is 4.28. The van der Waals surface area contributed by atoms with Gasteiger partial charge in [-0.2, -0.15) is 18.3 Å². The molecule has 136 valence electrons. The van der Waals surface area contributed by atoms with Crippen molar-refractivity contribution in [1.29, 1.82) is 0 Å². The fourth-order valence-electron chi connectivity index (χ4n) is 2.16. The summed E-state index contributed by atoms with van der Waals surface area (Å²) in [5.41, 5.74) is -1.75. The van der Waals surface area contributed by atoms with Crippen molar-refractivity contribution in [3.63, 3.8) is 0 Å². The second kappa shape index (κ2) is 7.38. The van der Waals surface area contributed by atoms with E-state index in [0.717, 1.165) is 22.9 Å². The molecule has 1 aromatic carbocycles. The molecule has 0 aliphatic carbocycles. The molecule has 10 heteroatoms. The van der Waals surface area contributed by atoms with Crippen LogP contribution in [0.5, 0.6) is 0 Å². The zero-order chi connectivity index (χ0) is 18.8. The van der Waals surface area contributed by atoms with Gasteiger partial charge in [-0.05, 0) is 25.5 Å². The molecule has 0 saturated carbocycles. The maximum absolute atomic E-state index is 13.5. The number of aryl methyl sites for hydroxylation is 1. The van der Waals surface area contributed by atoms with Gasteiger partial charge in [0.25, 0.3) is 5.91 Å². The predicted octanol–water partition coefficient (Wildman–Crippen LogP) is 3.96. The van der Waals surface area contributed by atoms with Crippen molar-refractivity contribution in [3.8, 4) is 0 Å². The number of carbonyl (C=O) groups excluding carboxylic acids is 1. The number of hydrogen-bond acceptors (Lipinski definition) is 2. The number of hydrogen-bond donors (Lipinski definition) is 1.